The third-order valence-electron chi connectivity index (χ3n) is 4.41. The van der Waals surface area contributed by atoms with Crippen LogP contribution < -0.4 is 10.6 Å². The third kappa shape index (κ3) is 3.46. The Balaban J connectivity index is 1.62. The molecule has 3 fully saturated rings. The molecule has 108 valence electrons. The molecule has 2 unspecified atom stereocenters. The van der Waals surface area contributed by atoms with Gasteiger partial charge in [0.05, 0.1) is 13.2 Å². The molecule has 3 aliphatic rings. The first kappa shape index (κ1) is 13.3. The second-order valence-electron chi connectivity index (χ2n) is 5.95. The molecule has 3 rings (SSSR count). The number of amides is 1. The first-order chi connectivity index (χ1) is 9.34. The zero-order valence-corrected chi connectivity index (χ0v) is 11.6. The molecule has 5 nitrogen and oxygen atoms in total. The van der Waals surface area contributed by atoms with Crippen LogP contribution in [0.15, 0.2) is 0 Å². The molecule has 1 saturated carbocycles. The highest BCUT2D eigenvalue weighted by Crippen LogP contribution is 2.22. The summed E-state index contributed by atoms with van der Waals surface area (Å²) >= 11 is 0. The van der Waals surface area contributed by atoms with Crippen LogP contribution in [0.5, 0.6) is 0 Å². The summed E-state index contributed by atoms with van der Waals surface area (Å²) in [6.07, 6.45) is 5.84. The molecule has 2 atom stereocenters. The van der Waals surface area contributed by atoms with E-state index in [0.717, 1.165) is 45.5 Å². The summed E-state index contributed by atoms with van der Waals surface area (Å²) in [6, 6.07) is 0.901. The van der Waals surface area contributed by atoms with Gasteiger partial charge in [0, 0.05) is 18.6 Å². The maximum Gasteiger partial charge on any atom is 0.239 e. The average Bonchev–Trinajstić information content (AvgIpc) is 3.25. The molecule has 5 heteroatoms. The number of hydrogen-bond donors (Lipinski definition) is 2. The van der Waals surface area contributed by atoms with E-state index in [9.17, 15) is 4.79 Å². The number of nitrogens with one attached hydrogen (secondary N) is 2. The van der Waals surface area contributed by atoms with Crippen molar-refractivity contribution in [1.29, 1.82) is 0 Å². The Morgan fingerprint density at radius 1 is 1.21 bits per heavy atom. The minimum atomic E-state index is -0.0718. The number of rotatable bonds is 3. The van der Waals surface area contributed by atoms with Crippen molar-refractivity contribution in [1.82, 2.24) is 15.5 Å². The predicted molar refractivity (Wildman–Crippen MR) is 73.0 cm³/mol. The van der Waals surface area contributed by atoms with Gasteiger partial charge in [-0.15, -0.1) is 0 Å². The summed E-state index contributed by atoms with van der Waals surface area (Å²) in [7, 11) is 0. The predicted octanol–water partition coefficient (Wildman–Crippen LogP) is 0.108. The monoisotopic (exact) mass is 267 g/mol. The van der Waals surface area contributed by atoms with E-state index in [1.54, 1.807) is 0 Å². The molecule has 2 heterocycles. The molecule has 1 amide bonds. The SMILES string of the molecule is O=C(NC1CC1)C1COCCN1C1CCCNCC1. The molecule has 2 N–H and O–H groups in total. The molecule has 19 heavy (non-hydrogen) atoms. The molecule has 2 aliphatic heterocycles. The quantitative estimate of drug-likeness (QED) is 0.762. The largest absolute Gasteiger partial charge is 0.378 e. The Labute approximate surface area is 115 Å². The van der Waals surface area contributed by atoms with E-state index in [1.807, 2.05) is 0 Å². The summed E-state index contributed by atoms with van der Waals surface area (Å²) in [5.41, 5.74) is 0. The number of hydrogen-bond acceptors (Lipinski definition) is 4. The van der Waals surface area contributed by atoms with Gasteiger partial charge < -0.3 is 15.4 Å². The fourth-order valence-corrected chi connectivity index (χ4v) is 3.14. The third-order valence-corrected chi connectivity index (χ3v) is 4.41. The lowest BCUT2D eigenvalue weighted by molar-refractivity contribution is -0.135. The van der Waals surface area contributed by atoms with Gasteiger partial charge in [-0.25, -0.2) is 0 Å². The van der Waals surface area contributed by atoms with Gasteiger partial charge in [-0.3, -0.25) is 9.69 Å². The maximum absolute atomic E-state index is 12.3. The Kier molecular flexibility index (Phi) is 4.35. The lowest BCUT2D eigenvalue weighted by Crippen LogP contribution is -2.57. The van der Waals surface area contributed by atoms with E-state index in [-0.39, 0.29) is 11.9 Å². The van der Waals surface area contributed by atoms with E-state index in [1.165, 1.54) is 12.8 Å². The summed E-state index contributed by atoms with van der Waals surface area (Å²) < 4.78 is 5.54. The number of carbonyl (C=O) groups is 1. The minimum Gasteiger partial charge on any atom is -0.378 e. The highest BCUT2D eigenvalue weighted by Gasteiger charge is 2.36. The van der Waals surface area contributed by atoms with Crippen LogP contribution in [0.1, 0.15) is 32.1 Å². The van der Waals surface area contributed by atoms with Crippen LogP contribution in [-0.4, -0.2) is 61.8 Å². The summed E-state index contributed by atoms with van der Waals surface area (Å²) in [5.74, 6) is 0.180. The highest BCUT2D eigenvalue weighted by atomic mass is 16.5. The van der Waals surface area contributed by atoms with E-state index in [4.69, 9.17) is 4.74 Å². The summed E-state index contributed by atoms with van der Waals surface area (Å²) in [5, 5.41) is 6.58. The van der Waals surface area contributed by atoms with Crippen LogP contribution in [0.2, 0.25) is 0 Å². The van der Waals surface area contributed by atoms with Gasteiger partial charge in [0.15, 0.2) is 0 Å². The van der Waals surface area contributed by atoms with Crippen LogP contribution in [0.3, 0.4) is 0 Å². The van der Waals surface area contributed by atoms with Gasteiger partial charge in [-0.05, 0) is 45.2 Å². The summed E-state index contributed by atoms with van der Waals surface area (Å²) in [6.45, 7) is 4.39. The molecular weight excluding hydrogens is 242 g/mol. The van der Waals surface area contributed by atoms with Crippen LogP contribution in [-0.2, 0) is 9.53 Å². The van der Waals surface area contributed by atoms with Gasteiger partial charge in [-0.1, -0.05) is 0 Å². The van der Waals surface area contributed by atoms with Gasteiger partial charge >= 0.3 is 0 Å². The van der Waals surface area contributed by atoms with Crippen LogP contribution in [0.25, 0.3) is 0 Å². The van der Waals surface area contributed by atoms with Crippen molar-refractivity contribution in [3.05, 3.63) is 0 Å². The molecule has 0 aromatic rings. The van der Waals surface area contributed by atoms with Gasteiger partial charge in [0.25, 0.3) is 0 Å². The molecule has 0 radical (unpaired) electrons. The molecule has 0 aromatic carbocycles. The maximum atomic E-state index is 12.3. The van der Waals surface area contributed by atoms with Crippen LogP contribution >= 0.6 is 0 Å². The molecule has 0 spiro atoms. The Morgan fingerprint density at radius 2 is 2.11 bits per heavy atom. The molecule has 1 aliphatic carbocycles. The second kappa shape index (κ2) is 6.20. The standard InChI is InChI=1S/C14H25N3O2/c18-14(16-11-3-4-11)13-10-19-9-8-17(13)12-2-1-6-15-7-5-12/h11-13,15H,1-10H2,(H,16,18). The fourth-order valence-electron chi connectivity index (χ4n) is 3.14. The van der Waals surface area contributed by atoms with Crippen molar-refractivity contribution in [2.24, 2.45) is 0 Å². The first-order valence-corrected chi connectivity index (χ1v) is 7.69. The Morgan fingerprint density at radius 3 is 2.95 bits per heavy atom. The fraction of sp³-hybridized carbons (Fsp3) is 0.929. The van der Waals surface area contributed by atoms with Crippen LogP contribution in [0, 0.1) is 0 Å². The van der Waals surface area contributed by atoms with E-state index >= 15 is 0 Å². The normalized spacial score (nSPS) is 33.7. The van der Waals surface area contributed by atoms with Gasteiger partial charge in [0.2, 0.25) is 5.91 Å². The van der Waals surface area contributed by atoms with E-state index < -0.39 is 0 Å². The summed E-state index contributed by atoms with van der Waals surface area (Å²) in [4.78, 5) is 14.7. The number of nitrogens with zero attached hydrogens (tertiary/aromatic N) is 1. The van der Waals surface area contributed by atoms with Gasteiger partial charge in [-0.2, -0.15) is 0 Å². The lowest BCUT2D eigenvalue weighted by Gasteiger charge is -2.39. The van der Waals surface area contributed by atoms with Crippen molar-refractivity contribution in [3.63, 3.8) is 0 Å². The Bertz CT molecular complexity index is 312. The smallest absolute Gasteiger partial charge is 0.239 e. The average molecular weight is 267 g/mol. The topological polar surface area (TPSA) is 53.6 Å². The zero-order valence-electron chi connectivity index (χ0n) is 11.6. The van der Waals surface area contributed by atoms with Crippen molar-refractivity contribution in [2.45, 2.75) is 50.2 Å². The number of morpholine rings is 1. The number of ether oxygens (including phenoxy) is 1. The van der Waals surface area contributed by atoms with Crippen molar-refractivity contribution in [2.75, 3.05) is 32.8 Å². The van der Waals surface area contributed by atoms with Crippen molar-refractivity contribution < 1.29 is 9.53 Å². The number of carbonyl (C=O) groups excluding carboxylic acids is 1. The highest BCUT2D eigenvalue weighted by molar-refractivity contribution is 5.82. The van der Waals surface area contributed by atoms with Crippen LogP contribution in [0.4, 0.5) is 0 Å². The zero-order chi connectivity index (χ0) is 13.1. The molecular formula is C14H25N3O2. The first-order valence-electron chi connectivity index (χ1n) is 7.69. The van der Waals surface area contributed by atoms with E-state index in [2.05, 4.69) is 15.5 Å². The van der Waals surface area contributed by atoms with Crippen molar-refractivity contribution >= 4 is 5.91 Å². The van der Waals surface area contributed by atoms with E-state index in [0.29, 0.717) is 18.7 Å². The van der Waals surface area contributed by atoms with Crippen molar-refractivity contribution in [3.8, 4) is 0 Å². The van der Waals surface area contributed by atoms with Gasteiger partial charge in [0.1, 0.15) is 6.04 Å². The second-order valence-corrected chi connectivity index (χ2v) is 5.95. The molecule has 2 saturated heterocycles. The lowest BCUT2D eigenvalue weighted by atomic mass is 10.0. The molecule has 0 bridgehead atoms. The minimum absolute atomic E-state index is 0.0718. The molecule has 0 aromatic heterocycles. The Hall–Kier alpha value is -0.650.